The van der Waals surface area contributed by atoms with Gasteiger partial charge in [0.25, 0.3) is 0 Å². The fraction of sp³-hybridized carbons (Fsp3) is 0.400. The van der Waals surface area contributed by atoms with Crippen molar-refractivity contribution in [3.63, 3.8) is 0 Å². The maximum atomic E-state index is 12.0. The summed E-state index contributed by atoms with van der Waals surface area (Å²) in [6.45, 7) is 0.0735. The quantitative estimate of drug-likeness (QED) is 0.861. The molecule has 0 saturated carbocycles. The van der Waals surface area contributed by atoms with E-state index in [4.69, 9.17) is 5.73 Å². The molecular formula is C10H13F2NO2S. The molecule has 3 nitrogen and oxygen atoms in total. The third-order valence-corrected chi connectivity index (χ3v) is 3.97. The molecule has 6 heteroatoms. The van der Waals surface area contributed by atoms with E-state index in [1.165, 1.54) is 6.07 Å². The average molecular weight is 249 g/mol. The number of hydrogen-bond donors (Lipinski definition) is 1. The molecule has 0 unspecified atom stereocenters. The number of nitrogens with two attached hydrogens (primary N) is 1. The average Bonchev–Trinajstić information content (AvgIpc) is 2.26. The van der Waals surface area contributed by atoms with E-state index < -0.39 is 28.4 Å². The molecule has 0 saturated heterocycles. The van der Waals surface area contributed by atoms with Crippen LogP contribution in [-0.4, -0.2) is 20.6 Å². The van der Waals surface area contributed by atoms with Crippen LogP contribution in [0.4, 0.5) is 8.78 Å². The minimum Gasteiger partial charge on any atom is -0.326 e. The van der Waals surface area contributed by atoms with Crippen molar-refractivity contribution >= 4 is 9.84 Å². The van der Waals surface area contributed by atoms with Gasteiger partial charge in [0, 0.05) is 13.0 Å². The van der Waals surface area contributed by atoms with E-state index in [0.717, 1.165) is 0 Å². The topological polar surface area (TPSA) is 60.2 Å². The van der Waals surface area contributed by atoms with Crippen molar-refractivity contribution in [2.45, 2.75) is 24.3 Å². The number of alkyl halides is 2. The summed E-state index contributed by atoms with van der Waals surface area (Å²) in [5.41, 5.74) is 5.85. The largest absolute Gasteiger partial charge is 0.326 e. The summed E-state index contributed by atoms with van der Waals surface area (Å²) < 4.78 is 47.4. The lowest BCUT2D eigenvalue weighted by atomic mass is 10.2. The molecular weight excluding hydrogens is 236 g/mol. The minimum absolute atomic E-state index is 0.0538. The lowest BCUT2D eigenvalue weighted by Crippen LogP contribution is -2.13. The van der Waals surface area contributed by atoms with E-state index >= 15 is 0 Å². The Hall–Kier alpha value is -1.01. The van der Waals surface area contributed by atoms with Crippen LogP contribution in [0.15, 0.2) is 29.2 Å². The highest BCUT2D eigenvalue weighted by Crippen LogP contribution is 2.18. The summed E-state index contributed by atoms with van der Waals surface area (Å²) in [6, 6.07) is 6.18. The molecule has 0 heterocycles. The molecule has 0 aliphatic carbocycles. The highest BCUT2D eigenvalue weighted by Gasteiger charge is 2.19. The number of hydrogen-bond acceptors (Lipinski definition) is 3. The van der Waals surface area contributed by atoms with Crippen LogP contribution in [0, 0.1) is 0 Å². The highest BCUT2D eigenvalue weighted by atomic mass is 32.2. The lowest BCUT2D eigenvalue weighted by Gasteiger charge is -2.08. The zero-order chi connectivity index (χ0) is 12.2. The Morgan fingerprint density at radius 3 is 2.44 bits per heavy atom. The van der Waals surface area contributed by atoms with Crippen LogP contribution in [-0.2, 0) is 16.4 Å². The normalized spacial score (nSPS) is 12.0. The Morgan fingerprint density at radius 1 is 1.25 bits per heavy atom. The minimum atomic E-state index is -3.66. The molecule has 16 heavy (non-hydrogen) atoms. The van der Waals surface area contributed by atoms with Gasteiger partial charge in [-0.15, -0.1) is 0 Å². The maximum absolute atomic E-state index is 12.0. The summed E-state index contributed by atoms with van der Waals surface area (Å²) in [7, 11) is -3.66. The third kappa shape index (κ3) is 3.24. The van der Waals surface area contributed by atoms with Gasteiger partial charge in [-0.2, -0.15) is 0 Å². The Kier molecular flexibility index (Phi) is 4.37. The Balaban J connectivity index is 2.98. The molecule has 0 aromatic heterocycles. The predicted octanol–water partition coefficient (Wildman–Crippen LogP) is 1.57. The lowest BCUT2D eigenvalue weighted by molar-refractivity contribution is 0.145. The van der Waals surface area contributed by atoms with E-state index in [1.807, 2.05) is 0 Å². The molecule has 1 aromatic carbocycles. The molecule has 90 valence electrons. The van der Waals surface area contributed by atoms with E-state index in [9.17, 15) is 17.2 Å². The fourth-order valence-corrected chi connectivity index (χ4v) is 2.88. The van der Waals surface area contributed by atoms with E-state index in [2.05, 4.69) is 0 Å². The Labute approximate surface area is 93.2 Å². The van der Waals surface area contributed by atoms with Crippen molar-refractivity contribution in [3.05, 3.63) is 29.8 Å². The molecule has 0 aliphatic rings. The molecule has 0 atom stereocenters. The predicted molar refractivity (Wildman–Crippen MR) is 57.0 cm³/mol. The number of rotatable bonds is 5. The number of halogens is 2. The van der Waals surface area contributed by atoms with Crippen molar-refractivity contribution in [2.24, 2.45) is 5.73 Å². The third-order valence-electron chi connectivity index (χ3n) is 2.13. The summed E-state index contributed by atoms with van der Waals surface area (Å²) in [4.78, 5) is 0.0538. The SMILES string of the molecule is NCc1ccccc1S(=O)(=O)CCC(F)F. The smallest absolute Gasteiger partial charge is 0.239 e. The summed E-state index contributed by atoms with van der Waals surface area (Å²) in [6.07, 6.45) is -3.26. The fourth-order valence-electron chi connectivity index (χ4n) is 1.33. The van der Waals surface area contributed by atoms with Crippen LogP contribution in [0.2, 0.25) is 0 Å². The van der Waals surface area contributed by atoms with Gasteiger partial charge in [0.15, 0.2) is 9.84 Å². The first-order chi connectivity index (χ1) is 7.47. The molecule has 2 N–H and O–H groups in total. The summed E-state index contributed by atoms with van der Waals surface area (Å²) >= 11 is 0. The van der Waals surface area contributed by atoms with Crippen molar-refractivity contribution in [1.82, 2.24) is 0 Å². The van der Waals surface area contributed by atoms with Crippen molar-refractivity contribution < 1.29 is 17.2 Å². The molecule has 0 spiro atoms. The zero-order valence-corrected chi connectivity index (χ0v) is 9.38. The van der Waals surface area contributed by atoms with Crippen LogP contribution in [0.1, 0.15) is 12.0 Å². The Morgan fingerprint density at radius 2 is 1.88 bits per heavy atom. The first-order valence-electron chi connectivity index (χ1n) is 4.76. The van der Waals surface area contributed by atoms with E-state index in [1.54, 1.807) is 18.2 Å². The van der Waals surface area contributed by atoms with Crippen LogP contribution in [0.25, 0.3) is 0 Å². The van der Waals surface area contributed by atoms with Crippen LogP contribution in [0.5, 0.6) is 0 Å². The van der Waals surface area contributed by atoms with Crippen LogP contribution >= 0.6 is 0 Å². The first-order valence-corrected chi connectivity index (χ1v) is 6.41. The Bertz CT molecular complexity index is 446. The molecule has 0 bridgehead atoms. The number of sulfone groups is 1. The van der Waals surface area contributed by atoms with Gasteiger partial charge in [0.2, 0.25) is 6.43 Å². The molecule has 0 amide bonds. The van der Waals surface area contributed by atoms with Gasteiger partial charge in [0.1, 0.15) is 0 Å². The van der Waals surface area contributed by atoms with Gasteiger partial charge in [-0.1, -0.05) is 18.2 Å². The van der Waals surface area contributed by atoms with Gasteiger partial charge >= 0.3 is 0 Å². The molecule has 0 radical (unpaired) electrons. The second kappa shape index (κ2) is 5.36. The summed E-state index contributed by atoms with van der Waals surface area (Å²) in [5, 5.41) is 0. The van der Waals surface area contributed by atoms with Crippen LogP contribution in [0.3, 0.4) is 0 Å². The standard InChI is InChI=1S/C10H13F2NO2S/c11-10(12)5-6-16(14,15)9-4-2-1-3-8(9)7-13/h1-4,10H,5-7,13H2. The van der Waals surface area contributed by atoms with Crippen LogP contribution < -0.4 is 5.73 Å². The molecule has 0 aliphatic heterocycles. The molecule has 1 aromatic rings. The van der Waals surface area contributed by atoms with E-state index in [-0.39, 0.29) is 11.4 Å². The second-order valence-electron chi connectivity index (χ2n) is 3.31. The maximum Gasteiger partial charge on any atom is 0.239 e. The van der Waals surface area contributed by atoms with Gasteiger partial charge in [-0.3, -0.25) is 0 Å². The van der Waals surface area contributed by atoms with E-state index in [0.29, 0.717) is 5.56 Å². The molecule has 0 fully saturated rings. The van der Waals surface area contributed by atoms with Crippen molar-refractivity contribution in [2.75, 3.05) is 5.75 Å². The van der Waals surface area contributed by atoms with Gasteiger partial charge in [-0.25, -0.2) is 17.2 Å². The molecule has 1 rings (SSSR count). The second-order valence-corrected chi connectivity index (χ2v) is 5.39. The number of benzene rings is 1. The summed E-state index contributed by atoms with van der Waals surface area (Å²) in [5.74, 6) is -0.554. The van der Waals surface area contributed by atoms with Gasteiger partial charge in [-0.05, 0) is 11.6 Å². The van der Waals surface area contributed by atoms with Gasteiger partial charge < -0.3 is 5.73 Å². The first kappa shape index (κ1) is 13.1. The highest BCUT2D eigenvalue weighted by molar-refractivity contribution is 7.91. The van der Waals surface area contributed by atoms with Gasteiger partial charge in [0.05, 0.1) is 10.6 Å². The van der Waals surface area contributed by atoms with Crippen molar-refractivity contribution in [3.8, 4) is 0 Å². The van der Waals surface area contributed by atoms with Crippen molar-refractivity contribution in [1.29, 1.82) is 0 Å². The zero-order valence-electron chi connectivity index (χ0n) is 8.57. The monoisotopic (exact) mass is 249 g/mol.